The van der Waals surface area contributed by atoms with Gasteiger partial charge < -0.3 is 9.47 Å². The molecule has 1 atom stereocenters. The van der Waals surface area contributed by atoms with Crippen molar-refractivity contribution in [2.75, 3.05) is 13.2 Å². The highest BCUT2D eigenvalue weighted by Gasteiger charge is 2.52. The van der Waals surface area contributed by atoms with Crippen molar-refractivity contribution in [1.82, 2.24) is 0 Å². The predicted molar refractivity (Wildman–Crippen MR) is 40.2 cm³/mol. The van der Waals surface area contributed by atoms with E-state index in [2.05, 4.69) is 0 Å². The summed E-state index contributed by atoms with van der Waals surface area (Å²) in [5, 5.41) is 0. The number of epoxide rings is 1. The number of ether oxygens (including phenoxy) is 2. The lowest BCUT2D eigenvalue weighted by atomic mass is 10.1. The average Bonchev–Trinajstić information content (AvgIpc) is 2.80. The largest absolute Gasteiger partial charge is 0.463 e. The van der Waals surface area contributed by atoms with Gasteiger partial charge >= 0.3 is 5.97 Å². The van der Waals surface area contributed by atoms with Crippen LogP contribution in [-0.2, 0) is 14.3 Å². The van der Waals surface area contributed by atoms with Crippen molar-refractivity contribution >= 4 is 5.97 Å². The van der Waals surface area contributed by atoms with Crippen molar-refractivity contribution in [2.24, 2.45) is 0 Å². The molecule has 1 aliphatic heterocycles. The lowest BCUT2D eigenvalue weighted by Crippen LogP contribution is -2.26. The van der Waals surface area contributed by atoms with Crippen molar-refractivity contribution < 1.29 is 14.3 Å². The summed E-state index contributed by atoms with van der Waals surface area (Å²) in [5.41, 5.74) is -0.560. The second-order valence-corrected chi connectivity index (χ2v) is 2.77. The van der Waals surface area contributed by atoms with Gasteiger partial charge in [-0.2, -0.15) is 0 Å². The fourth-order valence-electron chi connectivity index (χ4n) is 0.880. The first-order valence-electron chi connectivity index (χ1n) is 4.06. The molecular formula is C8H14O3. The van der Waals surface area contributed by atoms with Gasteiger partial charge in [0.05, 0.1) is 13.2 Å². The highest BCUT2D eigenvalue weighted by atomic mass is 16.6. The zero-order chi connectivity index (χ0) is 8.32. The molecule has 0 aromatic carbocycles. The monoisotopic (exact) mass is 158 g/mol. The van der Waals surface area contributed by atoms with Crippen LogP contribution in [0.1, 0.15) is 26.7 Å². The van der Waals surface area contributed by atoms with Crippen LogP contribution in [0.25, 0.3) is 0 Å². The minimum absolute atomic E-state index is 0.193. The lowest BCUT2D eigenvalue weighted by molar-refractivity contribution is -0.150. The van der Waals surface area contributed by atoms with E-state index in [4.69, 9.17) is 9.47 Å². The van der Waals surface area contributed by atoms with Crippen LogP contribution in [0.5, 0.6) is 0 Å². The van der Waals surface area contributed by atoms with Gasteiger partial charge in [-0.1, -0.05) is 13.8 Å². The Balaban J connectivity index is 2.29. The molecule has 3 heteroatoms. The van der Waals surface area contributed by atoms with E-state index in [0.717, 1.165) is 12.8 Å². The van der Waals surface area contributed by atoms with Crippen LogP contribution in [0.4, 0.5) is 0 Å². The predicted octanol–water partition coefficient (Wildman–Crippen LogP) is 1.12. The molecular weight excluding hydrogens is 144 g/mol. The quantitative estimate of drug-likeness (QED) is 0.454. The molecule has 1 saturated heterocycles. The molecule has 1 unspecified atom stereocenters. The molecule has 1 rings (SSSR count). The van der Waals surface area contributed by atoms with Crippen LogP contribution in [0.15, 0.2) is 0 Å². The molecule has 0 N–H and O–H groups in total. The highest BCUT2D eigenvalue weighted by molar-refractivity contribution is 5.82. The van der Waals surface area contributed by atoms with Crippen molar-refractivity contribution in [2.45, 2.75) is 32.3 Å². The zero-order valence-corrected chi connectivity index (χ0v) is 7.05. The third-order valence-corrected chi connectivity index (χ3v) is 1.87. The van der Waals surface area contributed by atoms with Gasteiger partial charge in [0, 0.05) is 0 Å². The summed E-state index contributed by atoms with van der Waals surface area (Å²) in [7, 11) is 0. The lowest BCUT2D eigenvalue weighted by Gasteiger charge is -2.07. The van der Waals surface area contributed by atoms with Crippen LogP contribution < -0.4 is 0 Å². The molecule has 0 bridgehead atoms. The maximum absolute atomic E-state index is 11.2. The Bertz CT molecular complexity index is 149. The summed E-state index contributed by atoms with van der Waals surface area (Å²) in [6.07, 6.45) is 1.58. The smallest absolute Gasteiger partial charge is 0.340 e. The molecule has 0 amide bonds. The van der Waals surface area contributed by atoms with E-state index in [9.17, 15) is 4.79 Å². The minimum Gasteiger partial charge on any atom is -0.463 e. The topological polar surface area (TPSA) is 38.8 Å². The molecule has 0 saturated carbocycles. The van der Waals surface area contributed by atoms with Crippen LogP contribution in [0.3, 0.4) is 0 Å². The van der Waals surface area contributed by atoms with Gasteiger partial charge in [0.2, 0.25) is 0 Å². The summed E-state index contributed by atoms with van der Waals surface area (Å²) < 4.78 is 9.98. The second-order valence-electron chi connectivity index (χ2n) is 2.77. The Hall–Kier alpha value is -0.570. The zero-order valence-electron chi connectivity index (χ0n) is 7.05. The molecule has 1 heterocycles. The summed E-state index contributed by atoms with van der Waals surface area (Å²) in [6.45, 7) is 4.94. The molecule has 1 aliphatic rings. The van der Waals surface area contributed by atoms with E-state index in [1.54, 1.807) is 0 Å². The Kier molecular flexibility index (Phi) is 2.49. The Morgan fingerprint density at radius 3 is 2.64 bits per heavy atom. The SMILES string of the molecule is CCCOC(=O)C1(CC)CO1. The summed E-state index contributed by atoms with van der Waals surface area (Å²) in [5.74, 6) is -0.193. The second kappa shape index (κ2) is 3.22. The number of rotatable bonds is 4. The molecule has 0 spiro atoms. The van der Waals surface area contributed by atoms with Crippen LogP contribution in [0, 0.1) is 0 Å². The first kappa shape index (κ1) is 8.53. The van der Waals surface area contributed by atoms with Gasteiger partial charge in [0.25, 0.3) is 0 Å². The number of carbonyl (C=O) groups is 1. The van der Waals surface area contributed by atoms with Gasteiger partial charge in [-0.15, -0.1) is 0 Å². The maximum atomic E-state index is 11.2. The summed E-state index contributed by atoms with van der Waals surface area (Å²) >= 11 is 0. The molecule has 0 aliphatic carbocycles. The molecule has 3 nitrogen and oxygen atoms in total. The van der Waals surface area contributed by atoms with Crippen molar-refractivity contribution in [3.63, 3.8) is 0 Å². The normalized spacial score (nSPS) is 28.2. The fourth-order valence-corrected chi connectivity index (χ4v) is 0.880. The van der Waals surface area contributed by atoms with E-state index in [1.165, 1.54) is 0 Å². The average molecular weight is 158 g/mol. The first-order valence-corrected chi connectivity index (χ1v) is 4.06. The third-order valence-electron chi connectivity index (χ3n) is 1.87. The molecule has 0 radical (unpaired) electrons. The summed E-state index contributed by atoms with van der Waals surface area (Å²) in [4.78, 5) is 11.2. The maximum Gasteiger partial charge on any atom is 0.340 e. The molecule has 0 aromatic rings. The first-order chi connectivity index (χ1) is 5.25. The van der Waals surface area contributed by atoms with Crippen LogP contribution >= 0.6 is 0 Å². The van der Waals surface area contributed by atoms with Crippen LogP contribution in [0.2, 0.25) is 0 Å². The third kappa shape index (κ3) is 1.71. The highest BCUT2D eigenvalue weighted by Crippen LogP contribution is 2.31. The van der Waals surface area contributed by atoms with Crippen molar-refractivity contribution in [1.29, 1.82) is 0 Å². The fraction of sp³-hybridized carbons (Fsp3) is 0.875. The van der Waals surface area contributed by atoms with Gasteiger partial charge in [0.1, 0.15) is 0 Å². The molecule has 64 valence electrons. The number of carbonyl (C=O) groups excluding carboxylic acids is 1. The number of hydrogen-bond acceptors (Lipinski definition) is 3. The van der Waals surface area contributed by atoms with Gasteiger partial charge in [0.15, 0.2) is 5.60 Å². The molecule has 11 heavy (non-hydrogen) atoms. The number of esters is 1. The Morgan fingerprint density at radius 2 is 2.27 bits per heavy atom. The van der Waals surface area contributed by atoms with E-state index in [1.807, 2.05) is 13.8 Å². The van der Waals surface area contributed by atoms with Crippen molar-refractivity contribution in [3.8, 4) is 0 Å². The summed E-state index contributed by atoms with van der Waals surface area (Å²) in [6, 6.07) is 0. The Morgan fingerprint density at radius 1 is 1.64 bits per heavy atom. The number of hydrogen-bond donors (Lipinski definition) is 0. The van der Waals surface area contributed by atoms with Gasteiger partial charge in [-0.05, 0) is 12.8 Å². The molecule has 1 fully saturated rings. The minimum atomic E-state index is -0.560. The van der Waals surface area contributed by atoms with E-state index >= 15 is 0 Å². The van der Waals surface area contributed by atoms with E-state index < -0.39 is 5.60 Å². The van der Waals surface area contributed by atoms with Gasteiger partial charge in [-0.25, -0.2) is 4.79 Å². The van der Waals surface area contributed by atoms with Gasteiger partial charge in [-0.3, -0.25) is 0 Å². The Labute approximate surface area is 66.7 Å². The molecule has 0 aromatic heterocycles. The van der Waals surface area contributed by atoms with Crippen LogP contribution in [-0.4, -0.2) is 24.8 Å². The van der Waals surface area contributed by atoms with E-state index in [0.29, 0.717) is 13.2 Å². The standard InChI is InChI=1S/C8H14O3/c1-3-5-10-7(9)8(4-2)6-11-8/h3-6H2,1-2H3. The van der Waals surface area contributed by atoms with Crippen molar-refractivity contribution in [3.05, 3.63) is 0 Å². The van der Waals surface area contributed by atoms with E-state index in [-0.39, 0.29) is 5.97 Å².